The molecule has 3 aromatic carbocycles. The van der Waals surface area contributed by atoms with Gasteiger partial charge in [-0.1, -0.05) is 60.1 Å². The maximum atomic E-state index is 6.27. The Balaban J connectivity index is 0.00000210. The Hall–Kier alpha value is -1.49. The number of hydrogen-bond donors (Lipinski definition) is 1. The highest BCUT2D eigenvalue weighted by Crippen LogP contribution is 2.29. The Morgan fingerprint density at radius 3 is 2.41 bits per heavy atom. The van der Waals surface area contributed by atoms with Crippen LogP contribution in [0.2, 0.25) is 5.02 Å². The molecule has 3 rings (SSSR count). The third kappa shape index (κ3) is 7.36. The summed E-state index contributed by atoms with van der Waals surface area (Å²) in [7, 11) is 4.21. The van der Waals surface area contributed by atoms with Gasteiger partial charge in [0.25, 0.3) is 0 Å². The van der Waals surface area contributed by atoms with Gasteiger partial charge in [-0.25, -0.2) is 0 Å². The molecule has 0 saturated heterocycles. The molecule has 0 aliphatic rings. The van der Waals surface area contributed by atoms with Crippen molar-refractivity contribution >= 4 is 47.2 Å². The second kappa shape index (κ2) is 12.9. The highest BCUT2D eigenvalue weighted by Gasteiger charge is 2.10. The third-order valence-corrected chi connectivity index (χ3v) is 4.97. The lowest BCUT2D eigenvalue weighted by atomic mass is 10.0. The molecule has 3 aromatic rings. The molecule has 0 spiro atoms. The number of hydrogen-bond acceptors (Lipinski definition) is 3. The van der Waals surface area contributed by atoms with E-state index in [1.807, 2.05) is 24.3 Å². The van der Waals surface area contributed by atoms with Crippen molar-refractivity contribution in [2.24, 2.45) is 0 Å². The first-order valence-electron chi connectivity index (χ1n) is 9.37. The molecule has 6 heteroatoms. The molecule has 29 heavy (non-hydrogen) atoms. The van der Waals surface area contributed by atoms with Gasteiger partial charge in [0.2, 0.25) is 0 Å². The zero-order chi connectivity index (χ0) is 19.1. The van der Waals surface area contributed by atoms with Crippen LogP contribution < -0.4 is 10.1 Å². The number of fused-ring (bicyclic) bond motifs is 1. The Morgan fingerprint density at radius 2 is 1.66 bits per heavy atom. The van der Waals surface area contributed by atoms with E-state index in [0.717, 1.165) is 42.4 Å². The Bertz CT molecular complexity index is 887. The number of rotatable bonds is 9. The van der Waals surface area contributed by atoms with Gasteiger partial charge in [0.1, 0.15) is 12.4 Å². The summed E-state index contributed by atoms with van der Waals surface area (Å²) < 4.78 is 6.17. The molecule has 0 radical (unpaired) electrons. The summed E-state index contributed by atoms with van der Waals surface area (Å²) in [6.07, 6.45) is 1.12. The molecule has 0 heterocycles. The minimum absolute atomic E-state index is 0. The van der Waals surface area contributed by atoms with Gasteiger partial charge in [-0.2, -0.15) is 0 Å². The van der Waals surface area contributed by atoms with E-state index in [9.17, 15) is 0 Å². The smallest absolute Gasteiger partial charge is 0.124 e. The van der Waals surface area contributed by atoms with E-state index in [1.54, 1.807) is 0 Å². The Labute approximate surface area is 191 Å². The molecule has 3 nitrogen and oxygen atoms in total. The van der Waals surface area contributed by atoms with E-state index in [1.165, 1.54) is 16.3 Å². The van der Waals surface area contributed by atoms with Crippen LogP contribution in [-0.4, -0.2) is 32.1 Å². The summed E-state index contributed by atoms with van der Waals surface area (Å²) in [6, 6.07) is 20.5. The lowest BCUT2D eigenvalue weighted by Crippen LogP contribution is -2.21. The van der Waals surface area contributed by atoms with Gasteiger partial charge in [-0.05, 0) is 56.5 Å². The van der Waals surface area contributed by atoms with Gasteiger partial charge in [-0.3, -0.25) is 0 Å². The molecule has 0 aliphatic heterocycles. The van der Waals surface area contributed by atoms with Crippen LogP contribution in [0.1, 0.15) is 17.5 Å². The van der Waals surface area contributed by atoms with E-state index < -0.39 is 0 Å². The van der Waals surface area contributed by atoms with Gasteiger partial charge in [0.05, 0.1) is 0 Å². The maximum absolute atomic E-state index is 6.27. The standard InChI is InChI=1S/C23H27ClN2O.2ClH/c1-26(2)15-7-14-25-16-21-20-10-5-3-8-18(20)12-13-23(21)27-17-19-9-4-6-11-22(19)24;;/h3-6,8-13,25H,7,14-17H2,1-2H3;2*1H. The zero-order valence-electron chi connectivity index (χ0n) is 16.9. The summed E-state index contributed by atoms with van der Waals surface area (Å²) in [5, 5.41) is 6.76. The van der Waals surface area contributed by atoms with Crippen LogP contribution in [0.25, 0.3) is 10.8 Å². The molecule has 0 saturated carbocycles. The van der Waals surface area contributed by atoms with Crippen LogP contribution in [0, 0.1) is 0 Å². The molecule has 158 valence electrons. The fourth-order valence-electron chi connectivity index (χ4n) is 3.14. The zero-order valence-corrected chi connectivity index (χ0v) is 19.2. The predicted molar refractivity (Wildman–Crippen MR) is 129 cm³/mol. The van der Waals surface area contributed by atoms with Crippen LogP contribution in [0.3, 0.4) is 0 Å². The highest BCUT2D eigenvalue weighted by molar-refractivity contribution is 6.31. The Morgan fingerprint density at radius 1 is 0.931 bits per heavy atom. The van der Waals surface area contributed by atoms with Gasteiger partial charge in [0.15, 0.2) is 0 Å². The van der Waals surface area contributed by atoms with E-state index in [-0.39, 0.29) is 24.8 Å². The van der Waals surface area contributed by atoms with Gasteiger partial charge in [-0.15, -0.1) is 24.8 Å². The quantitative estimate of drug-likeness (QED) is 0.403. The highest BCUT2D eigenvalue weighted by atomic mass is 35.5. The topological polar surface area (TPSA) is 24.5 Å². The summed E-state index contributed by atoms with van der Waals surface area (Å²) in [4.78, 5) is 2.21. The molecular weight excluding hydrogens is 427 g/mol. The minimum atomic E-state index is 0. The van der Waals surface area contributed by atoms with Crippen molar-refractivity contribution in [2.75, 3.05) is 27.2 Å². The van der Waals surface area contributed by atoms with Crippen molar-refractivity contribution in [3.05, 3.63) is 76.8 Å². The maximum Gasteiger partial charge on any atom is 0.124 e. The van der Waals surface area contributed by atoms with Gasteiger partial charge < -0.3 is 15.0 Å². The van der Waals surface area contributed by atoms with Crippen LogP contribution in [0.15, 0.2) is 60.7 Å². The molecule has 0 aliphatic carbocycles. The van der Waals surface area contributed by atoms with Crippen LogP contribution in [-0.2, 0) is 13.2 Å². The first-order chi connectivity index (χ1) is 13.1. The average molecular weight is 456 g/mol. The first-order valence-corrected chi connectivity index (χ1v) is 9.75. The minimum Gasteiger partial charge on any atom is -0.488 e. The monoisotopic (exact) mass is 454 g/mol. The van der Waals surface area contributed by atoms with Gasteiger partial charge in [0, 0.05) is 22.7 Å². The van der Waals surface area contributed by atoms with Crippen molar-refractivity contribution in [3.63, 3.8) is 0 Å². The van der Waals surface area contributed by atoms with Crippen LogP contribution in [0.4, 0.5) is 0 Å². The second-order valence-electron chi connectivity index (χ2n) is 6.98. The molecule has 0 amide bonds. The van der Waals surface area contributed by atoms with Crippen molar-refractivity contribution < 1.29 is 4.74 Å². The fraction of sp³-hybridized carbons (Fsp3) is 0.304. The lowest BCUT2D eigenvalue weighted by molar-refractivity contribution is 0.302. The number of benzene rings is 3. The second-order valence-corrected chi connectivity index (χ2v) is 7.38. The predicted octanol–water partition coefficient (Wildman–Crippen LogP) is 5.96. The molecule has 0 bridgehead atoms. The fourth-order valence-corrected chi connectivity index (χ4v) is 3.33. The van der Waals surface area contributed by atoms with Crippen molar-refractivity contribution in [1.82, 2.24) is 10.2 Å². The molecule has 1 N–H and O–H groups in total. The molecule has 0 fully saturated rings. The first kappa shape index (κ1) is 25.5. The molecular formula is C23H29Cl3N2O. The number of halogens is 3. The largest absolute Gasteiger partial charge is 0.488 e. The molecule has 0 unspecified atom stereocenters. The number of nitrogens with one attached hydrogen (secondary N) is 1. The van der Waals surface area contributed by atoms with Crippen molar-refractivity contribution in [3.8, 4) is 5.75 Å². The van der Waals surface area contributed by atoms with E-state index >= 15 is 0 Å². The average Bonchev–Trinajstić information content (AvgIpc) is 2.67. The van der Waals surface area contributed by atoms with E-state index in [4.69, 9.17) is 16.3 Å². The van der Waals surface area contributed by atoms with Gasteiger partial charge >= 0.3 is 0 Å². The number of nitrogens with zero attached hydrogens (tertiary/aromatic N) is 1. The van der Waals surface area contributed by atoms with Crippen molar-refractivity contribution in [2.45, 2.75) is 19.6 Å². The van der Waals surface area contributed by atoms with Crippen LogP contribution >= 0.6 is 36.4 Å². The summed E-state index contributed by atoms with van der Waals surface area (Å²) in [5.74, 6) is 0.911. The lowest BCUT2D eigenvalue weighted by Gasteiger charge is -2.16. The van der Waals surface area contributed by atoms with Crippen LogP contribution in [0.5, 0.6) is 5.75 Å². The SMILES string of the molecule is CN(C)CCCNCc1c(OCc2ccccc2Cl)ccc2ccccc12.Cl.Cl. The molecule has 0 atom stereocenters. The number of ether oxygens (including phenoxy) is 1. The normalized spacial score (nSPS) is 10.5. The Kier molecular flexibility index (Phi) is 11.4. The van der Waals surface area contributed by atoms with E-state index in [0.29, 0.717) is 6.61 Å². The van der Waals surface area contributed by atoms with E-state index in [2.05, 4.69) is 60.7 Å². The third-order valence-electron chi connectivity index (χ3n) is 4.60. The molecule has 0 aromatic heterocycles. The summed E-state index contributed by atoms with van der Waals surface area (Å²) >= 11 is 6.27. The summed E-state index contributed by atoms with van der Waals surface area (Å²) in [6.45, 7) is 3.31. The van der Waals surface area contributed by atoms with Crippen molar-refractivity contribution in [1.29, 1.82) is 0 Å². The summed E-state index contributed by atoms with van der Waals surface area (Å²) in [5.41, 5.74) is 2.20.